The quantitative estimate of drug-likeness (QED) is 0.528. The van der Waals surface area contributed by atoms with E-state index in [4.69, 9.17) is 4.74 Å². The standard InChI is InChI=1S/C8H9NO3S/c1-4-9-3-5(13-4)6-7(12-6)8(10)11-2/h3,6-7H,1-2H3/t6-,7+/m1/s1. The van der Waals surface area contributed by atoms with Crippen LogP contribution < -0.4 is 0 Å². The number of carbonyl (C=O) groups excluding carboxylic acids is 1. The van der Waals surface area contributed by atoms with Gasteiger partial charge in [-0.15, -0.1) is 11.3 Å². The Morgan fingerprint density at radius 1 is 1.77 bits per heavy atom. The monoisotopic (exact) mass is 199 g/mol. The van der Waals surface area contributed by atoms with E-state index in [0.29, 0.717) is 0 Å². The number of ether oxygens (including phenoxy) is 2. The van der Waals surface area contributed by atoms with Gasteiger partial charge in [-0.3, -0.25) is 0 Å². The van der Waals surface area contributed by atoms with Gasteiger partial charge in [0.1, 0.15) is 6.10 Å². The molecular weight excluding hydrogens is 190 g/mol. The number of aromatic nitrogens is 1. The van der Waals surface area contributed by atoms with Crippen LogP contribution in [0.3, 0.4) is 0 Å². The molecule has 0 aliphatic carbocycles. The molecule has 1 fully saturated rings. The number of nitrogens with zero attached hydrogens (tertiary/aromatic N) is 1. The predicted molar refractivity (Wildman–Crippen MR) is 46.5 cm³/mol. The van der Waals surface area contributed by atoms with Gasteiger partial charge in [0.25, 0.3) is 0 Å². The molecule has 2 heterocycles. The fourth-order valence-corrected chi connectivity index (χ4v) is 1.98. The van der Waals surface area contributed by atoms with Crippen molar-refractivity contribution in [2.75, 3.05) is 7.11 Å². The minimum Gasteiger partial charge on any atom is -0.467 e. The molecule has 13 heavy (non-hydrogen) atoms. The molecule has 0 spiro atoms. The molecule has 1 aromatic rings. The molecule has 1 aromatic heterocycles. The smallest absolute Gasteiger partial charge is 0.338 e. The summed E-state index contributed by atoms with van der Waals surface area (Å²) in [4.78, 5) is 16.1. The number of methoxy groups -OCH3 is 1. The first kappa shape index (κ1) is 8.65. The van der Waals surface area contributed by atoms with Gasteiger partial charge >= 0.3 is 5.97 Å². The number of hydrogen-bond donors (Lipinski definition) is 0. The lowest BCUT2D eigenvalue weighted by Gasteiger charge is -1.90. The van der Waals surface area contributed by atoms with Crippen LogP contribution in [0.15, 0.2) is 6.20 Å². The summed E-state index contributed by atoms with van der Waals surface area (Å²) < 4.78 is 9.72. The molecule has 0 bridgehead atoms. The first-order valence-electron chi connectivity index (χ1n) is 3.88. The summed E-state index contributed by atoms with van der Waals surface area (Å²) in [5.74, 6) is -0.309. The van der Waals surface area contributed by atoms with Crippen LogP contribution in [0.2, 0.25) is 0 Å². The van der Waals surface area contributed by atoms with Gasteiger partial charge in [-0.1, -0.05) is 0 Å². The van der Waals surface area contributed by atoms with Crippen LogP contribution >= 0.6 is 11.3 Å². The number of thiazole rings is 1. The number of carbonyl (C=O) groups is 1. The Hall–Kier alpha value is -0.940. The molecule has 0 amide bonds. The maximum atomic E-state index is 11.0. The van der Waals surface area contributed by atoms with E-state index >= 15 is 0 Å². The van der Waals surface area contributed by atoms with Gasteiger partial charge in [0.15, 0.2) is 6.10 Å². The Labute approximate surface area is 79.5 Å². The fraction of sp³-hybridized carbons (Fsp3) is 0.500. The molecule has 70 valence electrons. The highest BCUT2D eigenvalue weighted by Crippen LogP contribution is 2.41. The minimum absolute atomic E-state index is 0.126. The Balaban J connectivity index is 2.04. The SMILES string of the molecule is COC(=O)[C@H]1O[C@@H]1c1cnc(C)s1. The van der Waals surface area contributed by atoms with Crippen molar-refractivity contribution >= 4 is 17.3 Å². The summed E-state index contributed by atoms with van der Waals surface area (Å²) in [6.45, 7) is 1.92. The van der Waals surface area contributed by atoms with Crippen LogP contribution in [0.5, 0.6) is 0 Å². The van der Waals surface area contributed by atoms with E-state index in [1.54, 1.807) is 17.5 Å². The predicted octanol–water partition coefficient (Wildman–Crippen LogP) is 1.06. The lowest BCUT2D eigenvalue weighted by molar-refractivity contribution is -0.142. The molecule has 1 aliphatic heterocycles. The van der Waals surface area contributed by atoms with Gasteiger partial charge < -0.3 is 9.47 Å². The number of rotatable bonds is 2. The van der Waals surface area contributed by atoms with Gasteiger partial charge in [-0.25, -0.2) is 9.78 Å². The number of esters is 1. The van der Waals surface area contributed by atoms with Crippen molar-refractivity contribution < 1.29 is 14.3 Å². The molecule has 0 aromatic carbocycles. The highest BCUT2D eigenvalue weighted by molar-refractivity contribution is 7.11. The average molecular weight is 199 g/mol. The summed E-state index contributed by atoms with van der Waals surface area (Å²) in [6.07, 6.45) is 1.21. The highest BCUT2D eigenvalue weighted by atomic mass is 32.1. The molecule has 0 saturated carbocycles. The van der Waals surface area contributed by atoms with Gasteiger partial charge in [-0.2, -0.15) is 0 Å². The van der Waals surface area contributed by atoms with Gasteiger partial charge in [-0.05, 0) is 6.92 Å². The van der Waals surface area contributed by atoms with Crippen molar-refractivity contribution in [2.45, 2.75) is 19.1 Å². The molecule has 2 atom stereocenters. The lowest BCUT2D eigenvalue weighted by atomic mass is 10.3. The molecule has 0 N–H and O–H groups in total. The molecule has 0 radical (unpaired) electrons. The van der Waals surface area contributed by atoms with Crippen molar-refractivity contribution in [3.05, 3.63) is 16.1 Å². The Bertz CT molecular complexity index is 336. The highest BCUT2D eigenvalue weighted by Gasteiger charge is 2.48. The second kappa shape index (κ2) is 3.08. The molecular formula is C8H9NO3S. The van der Waals surface area contributed by atoms with E-state index < -0.39 is 6.10 Å². The largest absolute Gasteiger partial charge is 0.467 e. The first-order chi connectivity index (χ1) is 6.22. The zero-order chi connectivity index (χ0) is 9.42. The third-order valence-corrected chi connectivity index (χ3v) is 2.82. The average Bonchev–Trinajstić information content (AvgIpc) is 2.82. The topological polar surface area (TPSA) is 51.7 Å². The molecule has 1 aliphatic rings. The molecule has 4 nitrogen and oxygen atoms in total. The van der Waals surface area contributed by atoms with Crippen molar-refractivity contribution in [3.8, 4) is 0 Å². The Morgan fingerprint density at radius 2 is 2.54 bits per heavy atom. The van der Waals surface area contributed by atoms with E-state index in [1.807, 2.05) is 6.92 Å². The first-order valence-corrected chi connectivity index (χ1v) is 4.69. The van der Waals surface area contributed by atoms with Crippen LogP contribution in [0.25, 0.3) is 0 Å². The van der Waals surface area contributed by atoms with E-state index in [-0.39, 0.29) is 12.1 Å². The number of aryl methyl sites for hydroxylation is 1. The Kier molecular flexibility index (Phi) is 2.05. The molecule has 0 unspecified atom stereocenters. The summed E-state index contributed by atoms with van der Waals surface area (Å²) in [5.41, 5.74) is 0. The molecule has 2 rings (SSSR count). The summed E-state index contributed by atoms with van der Waals surface area (Å²) in [6, 6.07) is 0. The maximum Gasteiger partial charge on any atom is 0.338 e. The van der Waals surface area contributed by atoms with E-state index in [0.717, 1.165) is 9.88 Å². The summed E-state index contributed by atoms with van der Waals surface area (Å²) >= 11 is 1.55. The normalized spacial score (nSPS) is 25.7. The van der Waals surface area contributed by atoms with Gasteiger partial charge in [0, 0.05) is 6.20 Å². The third kappa shape index (κ3) is 1.57. The van der Waals surface area contributed by atoms with Crippen molar-refractivity contribution in [1.82, 2.24) is 4.98 Å². The molecule has 1 saturated heterocycles. The van der Waals surface area contributed by atoms with Crippen molar-refractivity contribution in [2.24, 2.45) is 0 Å². The minimum atomic E-state index is -0.412. The zero-order valence-corrected chi connectivity index (χ0v) is 8.13. The van der Waals surface area contributed by atoms with Crippen LogP contribution in [-0.4, -0.2) is 24.2 Å². The second-order valence-electron chi connectivity index (χ2n) is 2.78. The Morgan fingerprint density at radius 3 is 3.08 bits per heavy atom. The third-order valence-electron chi connectivity index (χ3n) is 1.84. The van der Waals surface area contributed by atoms with E-state index in [9.17, 15) is 4.79 Å². The van der Waals surface area contributed by atoms with Gasteiger partial charge in [0.05, 0.1) is 17.0 Å². The van der Waals surface area contributed by atoms with Crippen LogP contribution in [0.1, 0.15) is 16.0 Å². The second-order valence-corrected chi connectivity index (χ2v) is 4.05. The number of epoxide rings is 1. The van der Waals surface area contributed by atoms with Gasteiger partial charge in [0.2, 0.25) is 0 Å². The molecule has 5 heteroatoms. The maximum absolute atomic E-state index is 11.0. The van der Waals surface area contributed by atoms with Crippen LogP contribution in [0.4, 0.5) is 0 Å². The van der Waals surface area contributed by atoms with Crippen molar-refractivity contribution in [3.63, 3.8) is 0 Å². The van der Waals surface area contributed by atoms with Crippen molar-refractivity contribution in [1.29, 1.82) is 0 Å². The lowest BCUT2D eigenvalue weighted by Crippen LogP contribution is -2.08. The number of hydrogen-bond acceptors (Lipinski definition) is 5. The zero-order valence-electron chi connectivity index (χ0n) is 7.31. The van der Waals surface area contributed by atoms with Crippen LogP contribution in [-0.2, 0) is 14.3 Å². The summed E-state index contributed by atoms with van der Waals surface area (Å²) in [7, 11) is 1.36. The van der Waals surface area contributed by atoms with Crippen LogP contribution in [0, 0.1) is 6.92 Å². The summed E-state index contributed by atoms with van der Waals surface area (Å²) in [5, 5.41) is 0.981. The fourth-order valence-electron chi connectivity index (χ4n) is 1.13. The van der Waals surface area contributed by atoms with E-state index in [1.165, 1.54) is 7.11 Å². The van der Waals surface area contributed by atoms with E-state index in [2.05, 4.69) is 9.72 Å².